The van der Waals surface area contributed by atoms with E-state index in [9.17, 15) is 0 Å². The van der Waals surface area contributed by atoms with Crippen LogP contribution in [-0.4, -0.2) is 47.5 Å². The molecule has 0 unspecified atom stereocenters. The molecule has 0 amide bonds. The molecule has 0 saturated heterocycles. The molecule has 0 fully saturated rings. The molecule has 0 radical (unpaired) electrons. The van der Waals surface area contributed by atoms with E-state index in [4.69, 9.17) is 10.1 Å². The van der Waals surface area contributed by atoms with E-state index in [1.54, 1.807) is 0 Å². The lowest BCUT2D eigenvalue weighted by molar-refractivity contribution is 0.383. The lowest BCUT2D eigenvalue weighted by Crippen LogP contribution is -2.19. The Kier molecular flexibility index (Phi) is 7.24. The molecular formula is C32H38N8. The Labute approximate surface area is 236 Å². The van der Waals surface area contributed by atoms with Crippen LogP contribution in [0.15, 0.2) is 60.6 Å². The molecule has 40 heavy (non-hydrogen) atoms. The van der Waals surface area contributed by atoms with Crippen molar-refractivity contribution in [3.05, 3.63) is 88.7 Å². The second kappa shape index (κ2) is 11.1. The number of anilines is 2. The highest BCUT2D eigenvalue weighted by Gasteiger charge is 2.26. The minimum absolute atomic E-state index is 0.559. The van der Waals surface area contributed by atoms with Crippen LogP contribution in [0.25, 0.3) is 16.8 Å². The number of hydrogen-bond donors (Lipinski definition) is 1. The van der Waals surface area contributed by atoms with E-state index in [1.165, 1.54) is 33.5 Å². The predicted octanol–water partition coefficient (Wildman–Crippen LogP) is 5.93. The second-order valence-corrected chi connectivity index (χ2v) is 10.9. The molecule has 0 spiro atoms. The zero-order valence-electron chi connectivity index (χ0n) is 24.0. The summed E-state index contributed by atoms with van der Waals surface area (Å²) in [5, 5.41) is 12.7. The van der Waals surface area contributed by atoms with Gasteiger partial charge in [-0.05, 0) is 61.8 Å². The first-order valence-corrected chi connectivity index (χ1v) is 14.4. The lowest BCUT2D eigenvalue weighted by atomic mass is 9.91. The van der Waals surface area contributed by atoms with Gasteiger partial charge in [-0.15, -0.1) is 0 Å². The fourth-order valence-corrected chi connectivity index (χ4v) is 5.74. The van der Waals surface area contributed by atoms with Crippen LogP contribution in [0.3, 0.4) is 0 Å². The number of allylic oxidation sites excluding steroid dienone is 2. The minimum atomic E-state index is 0.559. The number of aromatic nitrogens is 6. The third-order valence-corrected chi connectivity index (χ3v) is 7.84. The predicted molar refractivity (Wildman–Crippen MR) is 160 cm³/mol. The Bertz CT molecular complexity index is 1590. The Balaban J connectivity index is 1.32. The van der Waals surface area contributed by atoms with Crippen LogP contribution < -0.4 is 5.32 Å². The van der Waals surface area contributed by atoms with Gasteiger partial charge >= 0.3 is 0 Å². The van der Waals surface area contributed by atoms with Crippen LogP contribution in [0.1, 0.15) is 61.7 Å². The summed E-state index contributed by atoms with van der Waals surface area (Å²) < 4.78 is 3.93. The third kappa shape index (κ3) is 5.30. The fourth-order valence-electron chi connectivity index (χ4n) is 5.74. The first-order chi connectivity index (χ1) is 19.5. The first-order valence-electron chi connectivity index (χ1n) is 14.4. The summed E-state index contributed by atoms with van der Waals surface area (Å²) in [6.07, 6.45) is 13.5. The first kappa shape index (κ1) is 26.0. The molecule has 3 aromatic heterocycles. The van der Waals surface area contributed by atoms with Gasteiger partial charge in [0, 0.05) is 63.3 Å². The smallest absolute Gasteiger partial charge is 0.228 e. The van der Waals surface area contributed by atoms with Crippen LogP contribution >= 0.6 is 0 Å². The van der Waals surface area contributed by atoms with Gasteiger partial charge < -0.3 is 10.2 Å². The summed E-state index contributed by atoms with van der Waals surface area (Å²) in [5.74, 6) is 1.31. The van der Waals surface area contributed by atoms with E-state index in [-0.39, 0.29) is 0 Å². The van der Waals surface area contributed by atoms with E-state index >= 15 is 0 Å². The number of nitrogens with one attached hydrogen (secondary N) is 1. The molecule has 1 aromatic carbocycles. The van der Waals surface area contributed by atoms with E-state index in [0.29, 0.717) is 5.95 Å². The summed E-state index contributed by atoms with van der Waals surface area (Å²) in [4.78, 5) is 12.0. The van der Waals surface area contributed by atoms with Gasteiger partial charge in [-0.2, -0.15) is 10.2 Å². The van der Waals surface area contributed by atoms with Gasteiger partial charge in [0.1, 0.15) is 0 Å². The molecular weight excluding hydrogens is 496 g/mol. The fraction of sp³-hybridized carbons (Fsp3) is 0.375. The number of benzene rings is 1. The van der Waals surface area contributed by atoms with Crippen molar-refractivity contribution in [3.8, 4) is 11.3 Å². The monoisotopic (exact) mass is 534 g/mol. The largest absolute Gasteiger partial charge is 0.377 e. The summed E-state index contributed by atoms with van der Waals surface area (Å²) in [6.45, 7) is 9.55. The highest BCUT2D eigenvalue weighted by molar-refractivity contribution is 5.76. The van der Waals surface area contributed by atoms with Gasteiger partial charge in [0.15, 0.2) is 5.82 Å². The third-order valence-electron chi connectivity index (χ3n) is 7.84. The van der Waals surface area contributed by atoms with Gasteiger partial charge in [-0.25, -0.2) is 9.97 Å². The Morgan fingerprint density at radius 2 is 1.95 bits per heavy atom. The van der Waals surface area contributed by atoms with Crippen molar-refractivity contribution in [2.24, 2.45) is 7.05 Å². The molecule has 6 rings (SSSR count). The van der Waals surface area contributed by atoms with Crippen molar-refractivity contribution in [1.82, 2.24) is 34.4 Å². The molecule has 0 bridgehead atoms. The molecule has 8 nitrogen and oxygen atoms in total. The van der Waals surface area contributed by atoms with Crippen molar-refractivity contribution in [3.63, 3.8) is 0 Å². The lowest BCUT2D eigenvalue weighted by Gasteiger charge is -2.19. The number of aryl methyl sites for hydroxylation is 4. The van der Waals surface area contributed by atoms with Crippen LogP contribution in [0.4, 0.5) is 11.8 Å². The molecule has 4 aromatic rings. The molecule has 1 N–H and O–H groups in total. The van der Waals surface area contributed by atoms with Crippen LogP contribution in [-0.2, 0) is 32.9 Å². The van der Waals surface area contributed by atoms with Crippen LogP contribution in [0.5, 0.6) is 0 Å². The minimum Gasteiger partial charge on any atom is -0.377 e. The Morgan fingerprint density at radius 3 is 2.77 bits per heavy atom. The highest BCUT2D eigenvalue weighted by atomic mass is 15.3. The average Bonchev–Trinajstić information content (AvgIpc) is 3.49. The van der Waals surface area contributed by atoms with Gasteiger partial charge in [0.25, 0.3) is 0 Å². The van der Waals surface area contributed by atoms with Gasteiger partial charge in [0.2, 0.25) is 5.95 Å². The van der Waals surface area contributed by atoms with Gasteiger partial charge in [0.05, 0.1) is 17.1 Å². The van der Waals surface area contributed by atoms with E-state index in [2.05, 4.69) is 84.7 Å². The molecule has 0 saturated carbocycles. The summed E-state index contributed by atoms with van der Waals surface area (Å²) in [5.41, 5.74) is 10.8. The number of rotatable bonds is 8. The van der Waals surface area contributed by atoms with Gasteiger partial charge in [-0.3, -0.25) is 9.36 Å². The molecule has 2 aliphatic rings. The molecule has 0 atom stereocenters. The Hall–Kier alpha value is -4.20. The Morgan fingerprint density at radius 1 is 1.05 bits per heavy atom. The SMILES string of the molecule is CCCN1C=C(c2cccc(Cc3c4c(nn3C)CCc3cnc(Nc5ccn(CC)n5)nc3-4)c2)C=C(C)CC1. The van der Waals surface area contributed by atoms with E-state index in [0.717, 1.165) is 74.5 Å². The molecule has 1 aliphatic carbocycles. The van der Waals surface area contributed by atoms with Crippen molar-refractivity contribution in [2.45, 2.75) is 59.4 Å². The standard InChI is InChI=1S/C32H38N8/c1-5-14-39-15-12-22(3)17-26(21-39)24-9-7-8-23(18-24)19-28-30-27(36-38(28)4)11-10-25-20-33-32(35-31(25)30)34-29-13-16-40(6-2)37-29/h7-9,13,16-18,20-21H,5-6,10-12,14-15,19H2,1-4H3,(H,33,34,35,37). The summed E-state index contributed by atoms with van der Waals surface area (Å²) in [7, 11) is 2.05. The number of fused-ring (bicyclic) bond motifs is 3. The zero-order chi connectivity index (χ0) is 27.6. The van der Waals surface area contributed by atoms with Crippen LogP contribution in [0, 0.1) is 0 Å². The number of nitrogens with zero attached hydrogens (tertiary/aromatic N) is 7. The molecule has 4 heterocycles. The molecule has 8 heteroatoms. The topological polar surface area (TPSA) is 76.7 Å². The van der Waals surface area contributed by atoms with E-state index in [1.807, 2.05) is 27.8 Å². The van der Waals surface area contributed by atoms with Crippen molar-refractivity contribution >= 4 is 17.3 Å². The highest BCUT2D eigenvalue weighted by Crippen LogP contribution is 2.36. The van der Waals surface area contributed by atoms with Gasteiger partial charge in [-0.1, -0.05) is 42.8 Å². The number of hydrogen-bond acceptors (Lipinski definition) is 6. The molecule has 1 aliphatic heterocycles. The van der Waals surface area contributed by atoms with Crippen molar-refractivity contribution < 1.29 is 0 Å². The summed E-state index contributed by atoms with van der Waals surface area (Å²) in [6, 6.07) is 10.9. The van der Waals surface area contributed by atoms with Crippen LogP contribution in [0.2, 0.25) is 0 Å². The summed E-state index contributed by atoms with van der Waals surface area (Å²) >= 11 is 0. The van der Waals surface area contributed by atoms with Crippen molar-refractivity contribution in [2.75, 3.05) is 18.4 Å². The zero-order valence-corrected chi connectivity index (χ0v) is 24.0. The second-order valence-electron chi connectivity index (χ2n) is 10.9. The average molecular weight is 535 g/mol. The quantitative estimate of drug-likeness (QED) is 0.302. The maximum absolute atomic E-state index is 4.99. The maximum Gasteiger partial charge on any atom is 0.228 e. The maximum atomic E-state index is 4.99. The normalized spacial score (nSPS) is 14.8. The van der Waals surface area contributed by atoms with Crippen molar-refractivity contribution in [1.29, 1.82) is 0 Å². The molecule has 206 valence electrons. The van der Waals surface area contributed by atoms with E-state index < -0.39 is 0 Å².